The third-order valence-electron chi connectivity index (χ3n) is 7.43. The van der Waals surface area contributed by atoms with Crippen molar-refractivity contribution in [1.29, 1.82) is 0 Å². The molecule has 1 N–H and O–H groups in total. The summed E-state index contributed by atoms with van der Waals surface area (Å²) < 4.78 is 6.84. The van der Waals surface area contributed by atoms with E-state index in [1.54, 1.807) is 0 Å². The molecule has 0 aromatic rings. The van der Waals surface area contributed by atoms with E-state index in [1.807, 2.05) is 0 Å². The Bertz CT molecular complexity index is 356. The summed E-state index contributed by atoms with van der Waals surface area (Å²) in [4.78, 5) is 0. The van der Waals surface area contributed by atoms with Gasteiger partial charge in [-0.3, -0.25) is 0 Å². The van der Waals surface area contributed by atoms with E-state index in [0.29, 0.717) is 12.0 Å². The number of likely N-dealkylation sites (N-methyl/N-ethyl adjacent to an activating group) is 1. The molecule has 0 aromatic carbocycles. The molecule has 0 aliphatic heterocycles. The minimum atomic E-state index is -0.323. The van der Waals surface area contributed by atoms with Crippen LogP contribution >= 0.6 is 0 Å². The fourth-order valence-electron chi connectivity index (χ4n) is 6.15. The summed E-state index contributed by atoms with van der Waals surface area (Å²) in [6, 6.07) is 0. The predicted octanol–water partition coefficient (Wildman–Crippen LogP) is 3.46. The molecule has 0 saturated heterocycles. The average molecular weight is 325 g/mol. The molecular weight excluding hydrogens is 286 g/mol. The third-order valence-corrected chi connectivity index (χ3v) is 7.43. The predicted molar refractivity (Wildman–Crippen MR) is 94.2 cm³/mol. The highest BCUT2D eigenvalue weighted by Crippen LogP contribution is 2.61. The maximum Gasteiger partial charge on any atom is 0.126 e. The highest BCUT2D eigenvalue weighted by Gasteiger charge is 2.50. The molecule has 1 atom stereocenters. The minimum absolute atomic E-state index is 0.323. The Morgan fingerprint density at radius 2 is 1.57 bits per heavy atom. The smallest absolute Gasteiger partial charge is 0.126 e. The monoisotopic (exact) mass is 324 g/mol. The largest absolute Gasteiger partial charge is 0.385 e. The van der Waals surface area contributed by atoms with Gasteiger partial charge in [0.15, 0.2) is 0 Å². The van der Waals surface area contributed by atoms with Crippen molar-refractivity contribution in [3.8, 4) is 0 Å². The molecule has 0 amide bonds. The molecule has 4 bridgehead atoms. The van der Waals surface area contributed by atoms with Crippen molar-refractivity contribution in [2.75, 3.05) is 39.9 Å². The van der Waals surface area contributed by atoms with Gasteiger partial charge in [0.1, 0.15) is 12.6 Å². The van der Waals surface area contributed by atoms with Gasteiger partial charge in [-0.2, -0.15) is 0 Å². The standard InChI is InChI=1S/C20H38NO2/c1-4-21(3,5-2)14-19(22)15-23-7-6-20-11-16-8-17(12-20)10-18(9-16)13-20/h16-19,22H,4-15H2,1-3H3/q+1. The first-order valence-corrected chi connectivity index (χ1v) is 10.1. The van der Waals surface area contributed by atoms with Gasteiger partial charge in [-0.15, -0.1) is 0 Å². The molecule has 4 rings (SSSR count). The Hall–Kier alpha value is -0.120. The second-order valence-corrected chi connectivity index (χ2v) is 9.33. The maximum absolute atomic E-state index is 10.3. The lowest BCUT2D eigenvalue weighted by molar-refractivity contribution is -0.909. The second-order valence-electron chi connectivity index (χ2n) is 9.33. The lowest BCUT2D eigenvalue weighted by atomic mass is 9.49. The topological polar surface area (TPSA) is 29.5 Å². The third kappa shape index (κ3) is 4.11. The van der Waals surface area contributed by atoms with Crippen LogP contribution < -0.4 is 0 Å². The number of rotatable bonds is 9. The van der Waals surface area contributed by atoms with E-state index in [2.05, 4.69) is 20.9 Å². The zero-order chi connectivity index (χ0) is 16.5. The van der Waals surface area contributed by atoms with Gasteiger partial charge in [-0.05, 0) is 82.0 Å². The van der Waals surface area contributed by atoms with Crippen molar-refractivity contribution in [1.82, 2.24) is 0 Å². The van der Waals surface area contributed by atoms with Crippen molar-refractivity contribution in [2.45, 2.75) is 64.9 Å². The summed E-state index contributed by atoms with van der Waals surface area (Å²) in [5, 5.41) is 10.3. The molecule has 134 valence electrons. The summed E-state index contributed by atoms with van der Waals surface area (Å²) in [5.41, 5.74) is 0.608. The summed E-state index contributed by atoms with van der Waals surface area (Å²) in [6.45, 7) is 8.71. The number of quaternary nitrogens is 1. The van der Waals surface area contributed by atoms with E-state index < -0.39 is 0 Å². The van der Waals surface area contributed by atoms with Crippen molar-refractivity contribution in [3.63, 3.8) is 0 Å². The fraction of sp³-hybridized carbons (Fsp3) is 1.00. The number of hydrogen-bond acceptors (Lipinski definition) is 2. The summed E-state index contributed by atoms with van der Waals surface area (Å²) >= 11 is 0. The van der Waals surface area contributed by atoms with E-state index in [0.717, 1.165) is 48.5 Å². The summed E-state index contributed by atoms with van der Waals surface area (Å²) in [6.07, 6.45) is 9.85. The van der Waals surface area contributed by atoms with Crippen LogP contribution in [0.5, 0.6) is 0 Å². The van der Waals surface area contributed by atoms with Gasteiger partial charge in [0.05, 0.1) is 26.7 Å². The van der Waals surface area contributed by atoms with Gasteiger partial charge in [0, 0.05) is 6.61 Å². The molecule has 3 heteroatoms. The minimum Gasteiger partial charge on any atom is -0.385 e. The van der Waals surface area contributed by atoms with E-state index in [9.17, 15) is 5.11 Å². The normalized spacial score (nSPS) is 37.3. The lowest BCUT2D eigenvalue weighted by Crippen LogP contribution is -2.49. The molecule has 4 saturated carbocycles. The highest BCUT2D eigenvalue weighted by molar-refractivity contribution is 5.01. The first-order chi connectivity index (χ1) is 11.0. The van der Waals surface area contributed by atoms with Crippen molar-refractivity contribution in [2.24, 2.45) is 23.2 Å². The van der Waals surface area contributed by atoms with Crippen LogP contribution in [0.1, 0.15) is 58.8 Å². The van der Waals surface area contributed by atoms with E-state index in [4.69, 9.17) is 4.74 Å². The molecule has 0 radical (unpaired) electrons. The molecule has 0 spiro atoms. The molecule has 0 heterocycles. The van der Waals surface area contributed by atoms with Crippen LogP contribution in [0.25, 0.3) is 0 Å². The zero-order valence-electron chi connectivity index (χ0n) is 15.6. The van der Waals surface area contributed by atoms with Gasteiger partial charge in [-0.1, -0.05) is 0 Å². The van der Waals surface area contributed by atoms with Crippen molar-refractivity contribution >= 4 is 0 Å². The van der Waals surface area contributed by atoms with Crippen LogP contribution in [0.4, 0.5) is 0 Å². The first kappa shape index (κ1) is 17.7. The quantitative estimate of drug-likeness (QED) is 0.520. The first-order valence-electron chi connectivity index (χ1n) is 10.1. The number of ether oxygens (including phenoxy) is 1. The molecule has 3 nitrogen and oxygen atoms in total. The van der Waals surface area contributed by atoms with Crippen LogP contribution in [0.3, 0.4) is 0 Å². The summed E-state index contributed by atoms with van der Waals surface area (Å²) in [7, 11) is 2.22. The highest BCUT2D eigenvalue weighted by atomic mass is 16.5. The number of hydrogen-bond donors (Lipinski definition) is 1. The molecule has 23 heavy (non-hydrogen) atoms. The molecule has 4 fully saturated rings. The number of aliphatic hydroxyl groups is 1. The van der Waals surface area contributed by atoms with Crippen LogP contribution in [0, 0.1) is 23.2 Å². The molecule has 1 unspecified atom stereocenters. The van der Waals surface area contributed by atoms with Gasteiger partial charge < -0.3 is 14.3 Å². The number of nitrogens with zero attached hydrogens (tertiary/aromatic N) is 1. The Morgan fingerprint density at radius 1 is 1.04 bits per heavy atom. The molecule has 4 aliphatic carbocycles. The Kier molecular flexibility index (Phi) is 5.40. The Labute approximate surface area is 143 Å². The number of aliphatic hydroxyl groups excluding tert-OH is 1. The van der Waals surface area contributed by atoms with E-state index >= 15 is 0 Å². The van der Waals surface area contributed by atoms with Crippen LogP contribution in [0.15, 0.2) is 0 Å². The fourth-order valence-corrected chi connectivity index (χ4v) is 6.15. The van der Waals surface area contributed by atoms with Crippen LogP contribution in [-0.4, -0.2) is 55.6 Å². The second kappa shape index (κ2) is 7.01. The van der Waals surface area contributed by atoms with Gasteiger partial charge in [0.25, 0.3) is 0 Å². The van der Waals surface area contributed by atoms with E-state index in [-0.39, 0.29) is 6.10 Å². The van der Waals surface area contributed by atoms with E-state index in [1.165, 1.54) is 44.9 Å². The van der Waals surface area contributed by atoms with Gasteiger partial charge in [0.2, 0.25) is 0 Å². The van der Waals surface area contributed by atoms with Crippen LogP contribution in [0.2, 0.25) is 0 Å². The molecule has 0 aromatic heterocycles. The Morgan fingerprint density at radius 3 is 2.04 bits per heavy atom. The van der Waals surface area contributed by atoms with Gasteiger partial charge in [-0.25, -0.2) is 0 Å². The molecule has 4 aliphatic rings. The SMILES string of the molecule is CC[N+](C)(CC)CC(O)COCCC12CC3CC(CC(C3)C1)C2. The molecular formula is C20H38NO2+. The summed E-state index contributed by atoms with van der Waals surface area (Å²) in [5.74, 6) is 3.08. The van der Waals surface area contributed by atoms with Crippen molar-refractivity contribution in [3.05, 3.63) is 0 Å². The lowest BCUT2D eigenvalue weighted by Gasteiger charge is -2.57. The zero-order valence-corrected chi connectivity index (χ0v) is 15.6. The van der Waals surface area contributed by atoms with Crippen LogP contribution in [-0.2, 0) is 4.74 Å². The van der Waals surface area contributed by atoms with Crippen molar-refractivity contribution < 1.29 is 14.3 Å². The average Bonchev–Trinajstić information content (AvgIpc) is 2.50. The Balaban J connectivity index is 1.39. The van der Waals surface area contributed by atoms with Gasteiger partial charge >= 0.3 is 0 Å². The maximum atomic E-state index is 10.3.